The highest BCUT2D eigenvalue weighted by atomic mass is 32.1. The van der Waals surface area contributed by atoms with E-state index in [4.69, 9.17) is 4.74 Å². The van der Waals surface area contributed by atoms with Gasteiger partial charge in [-0.25, -0.2) is 4.99 Å². The molecule has 0 heterocycles. The van der Waals surface area contributed by atoms with Crippen LogP contribution < -0.4 is 0 Å². The van der Waals surface area contributed by atoms with Crippen molar-refractivity contribution in [2.24, 2.45) is 4.99 Å². The van der Waals surface area contributed by atoms with E-state index in [2.05, 4.69) is 36.5 Å². The van der Waals surface area contributed by atoms with Crippen LogP contribution in [-0.2, 0) is 4.74 Å². The van der Waals surface area contributed by atoms with Crippen molar-refractivity contribution in [3.63, 3.8) is 0 Å². The molecule has 4 heteroatoms. The molecule has 0 aromatic heterocycles. The van der Waals surface area contributed by atoms with Gasteiger partial charge in [0.05, 0.1) is 39.0 Å². The van der Waals surface area contributed by atoms with Crippen molar-refractivity contribution in [2.75, 3.05) is 46.9 Å². The van der Waals surface area contributed by atoms with Gasteiger partial charge in [-0.1, -0.05) is 0 Å². The predicted molar refractivity (Wildman–Crippen MR) is 58.2 cm³/mol. The minimum atomic E-state index is 0.753. The third-order valence-electron chi connectivity index (χ3n) is 1.93. The van der Waals surface area contributed by atoms with E-state index in [0.29, 0.717) is 0 Å². The highest BCUT2D eigenvalue weighted by Gasteiger charge is 2.13. The molecule has 0 amide bonds. The molecule has 0 saturated heterocycles. The minimum absolute atomic E-state index is 0.753. The van der Waals surface area contributed by atoms with Crippen molar-refractivity contribution in [1.82, 2.24) is 0 Å². The number of thiocarbonyl (C=S) groups is 1. The summed E-state index contributed by atoms with van der Waals surface area (Å²) in [4.78, 5) is 3.89. The van der Waals surface area contributed by atoms with Gasteiger partial charge in [0.25, 0.3) is 0 Å². The van der Waals surface area contributed by atoms with Crippen molar-refractivity contribution < 1.29 is 9.22 Å². The third kappa shape index (κ3) is 8.06. The van der Waals surface area contributed by atoms with Crippen LogP contribution in [0.1, 0.15) is 6.92 Å². The van der Waals surface area contributed by atoms with E-state index in [1.54, 1.807) is 0 Å². The molecule has 0 N–H and O–H groups in total. The maximum Gasteiger partial charge on any atom is 0.102 e. The van der Waals surface area contributed by atoms with E-state index in [1.165, 1.54) is 0 Å². The molecule has 3 nitrogen and oxygen atoms in total. The summed E-state index contributed by atoms with van der Waals surface area (Å²) < 4.78 is 6.21. The normalized spacial score (nSPS) is 11.0. The molecule has 0 aliphatic rings. The first kappa shape index (κ1) is 12.7. The van der Waals surface area contributed by atoms with Crippen LogP contribution in [-0.4, -0.2) is 56.6 Å². The first-order valence-electron chi connectivity index (χ1n) is 4.56. The standard InChI is InChI=1S/C9H19N2OS/c1-4-12-8-7-11(2,3)6-5-10-9-13/h4-8H2,1-3H3/q+1. The fraction of sp³-hybridized carbons (Fsp3) is 0.889. The highest BCUT2D eigenvalue weighted by Crippen LogP contribution is 1.96. The summed E-state index contributed by atoms with van der Waals surface area (Å²) in [6.07, 6.45) is 0. The molecule has 13 heavy (non-hydrogen) atoms. The van der Waals surface area contributed by atoms with Crippen molar-refractivity contribution >= 4 is 17.4 Å². The summed E-state index contributed by atoms with van der Waals surface area (Å²) in [5, 5.41) is 2.37. The number of aliphatic imine (C=N–C) groups is 1. The van der Waals surface area contributed by atoms with Crippen LogP contribution in [0.5, 0.6) is 0 Å². The lowest BCUT2D eigenvalue weighted by molar-refractivity contribution is -0.889. The lowest BCUT2D eigenvalue weighted by Crippen LogP contribution is -2.44. The van der Waals surface area contributed by atoms with Crippen LogP contribution >= 0.6 is 12.2 Å². The van der Waals surface area contributed by atoms with Crippen molar-refractivity contribution in [1.29, 1.82) is 0 Å². The minimum Gasteiger partial charge on any atom is -0.376 e. The van der Waals surface area contributed by atoms with E-state index >= 15 is 0 Å². The highest BCUT2D eigenvalue weighted by molar-refractivity contribution is 7.78. The molecule has 0 rings (SSSR count). The third-order valence-corrected chi connectivity index (χ3v) is 2.06. The monoisotopic (exact) mass is 203 g/mol. The lowest BCUT2D eigenvalue weighted by atomic mass is 10.4. The molecule has 0 bridgehead atoms. The van der Waals surface area contributed by atoms with Crippen LogP contribution in [0.15, 0.2) is 4.99 Å². The molecule has 0 aromatic carbocycles. The van der Waals surface area contributed by atoms with Gasteiger partial charge >= 0.3 is 0 Å². The quantitative estimate of drug-likeness (QED) is 0.268. The number of hydrogen-bond acceptors (Lipinski definition) is 3. The Morgan fingerprint density at radius 1 is 1.38 bits per heavy atom. The van der Waals surface area contributed by atoms with Crippen LogP contribution in [0, 0.1) is 0 Å². The van der Waals surface area contributed by atoms with Gasteiger partial charge in [0.1, 0.15) is 6.54 Å². The summed E-state index contributed by atoms with van der Waals surface area (Å²) >= 11 is 4.50. The van der Waals surface area contributed by atoms with Gasteiger partial charge < -0.3 is 9.22 Å². The van der Waals surface area contributed by atoms with Crippen molar-refractivity contribution in [2.45, 2.75) is 6.92 Å². The van der Waals surface area contributed by atoms with Crippen molar-refractivity contribution in [3.8, 4) is 0 Å². The first-order chi connectivity index (χ1) is 6.12. The predicted octanol–water partition coefficient (Wildman–Crippen LogP) is 1.20. The van der Waals surface area contributed by atoms with Gasteiger partial charge in [-0.2, -0.15) is 0 Å². The Morgan fingerprint density at radius 2 is 2.08 bits per heavy atom. The van der Waals surface area contributed by atoms with Gasteiger partial charge in [-0.3, -0.25) is 0 Å². The van der Waals surface area contributed by atoms with E-state index in [-0.39, 0.29) is 0 Å². The van der Waals surface area contributed by atoms with Gasteiger partial charge in [0, 0.05) is 6.61 Å². The number of ether oxygens (including phenoxy) is 1. The van der Waals surface area contributed by atoms with E-state index in [9.17, 15) is 0 Å². The Labute approximate surface area is 86.0 Å². The Morgan fingerprint density at radius 3 is 2.62 bits per heavy atom. The number of rotatable bonds is 7. The Kier molecular flexibility index (Phi) is 7.00. The second-order valence-corrected chi connectivity index (χ2v) is 3.74. The fourth-order valence-corrected chi connectivity index (χ4v) is 1.03. The smallest absolute Gasteiger partial charge is 0.102 e. The van der Waals surface area contributed by atoms with Crippen molar-refractivity contribution in [3.05, 3.63) is 0 Å². The molecular formula is C9H19N2OS+. The molecule has 0 spiro atoms. The number of quaternary nitrogens is 1. The molecule has 0 fully saturated rings. The van der Waals surface area contributed by atoms with E-state index in [0.717, 1.165) is 37.3 Å². The lowest BCUT2D eigenvalue weighted by Gasteiger charge is -2.28. The molecule has 0 atom stereocenters. The summed E-state index contributed by atoms with van der Waals surface area (Å²) in [5.74, 6) is 0. The largest absolute Gasteiger partial charge is 0.376 e. The zero-order valence-electron chi connectivity index (χ0n) is 8.75. The number of hydrogen-bond donors (Lipinski definition) is 0. The van der Waals surface area contributed by atoms with Gasteiger partial charge in [0.15, 0.2) is 0 Å². The zero-order valence-corrected chi connectivity index (χ0v) is 9.56. The van der Waals surface area contributed by atoms with Gasteiger partial charge in [0.2, 0.25) is 0 Å². The number of likely N-dealkylation sites (N-methyl/N-ethyl adjacent to an activating group) is 1. The topological polar surface area (TPSA) is 21.6 Å². The fourth-order valence-electron chi connectivity index (χ4n) is 0.934. The first-order valence-corrected chi connectivity index (χ1v) is 4.96. The summed E-state index contributed by atoms with van der Waals surface area (Å²) in [6, 6.07) is 0. The zero-order chi connectivity index (χ0) is 10.2. The Bertz CT molecular complexity index is 176. The van der Waals surface area contributed by atoms with Crippen LogP contribution in [0.2, 0.25) is 0 Å². The molecule has 0 unspecified atom stereocenters. The SMILES string of the molecule is CCOCC[N+](C)(C)CCN=C=S. The average Bonchev–Trinajstić information content (AvgIpc) is 2.05. The average molecular weight is 203 g/mol. The molecule has 0 saturated carbocycles. The molecule has 0 aromatic rings. The second kappa shape index (κ2) is 7.15. The maximum absolute atomic E-state index is 5.29. The van der Waals surface area contributed by atoms with E-state index in [1.807, 2.05) is 6.92 Å². The Hall–Kier alpha value is -0.280. The maximum atomic E-state index is 5.29. The van der Waals surface area contributed by atoms with Gasteiger partial charge in [-0.05, 0) is 19.1 Å². The second-order valence-electron chi connectivity index (χ2n) is 3.55. The van der Waals surface area contributed by atoms with Gasteiger partial charge in [-0.15, -0.1) is 0 Å². The summed E-state index contributed by atoms with van der Waals surface area (Å²) in [7, 11) is 4.33. The molecule has 0 aliphatic carbocycles. The van der Waals surface area contributed by atoms with E-state index < -0.39 is 0 Å². The molecule has 0 aliphatic heterocycles. The molecule has 0 radical (unpaired) electrons. The number of isothiocyanates is 1. The van der Waals surface area contributed by atoms with Crippen LogP contribution in [0.3, 0.4) is 0 Å². The number of nitrogens with zero attached hydrogens (tertiary/aromatic N) is 2. The summed E-state index contributed by atoms with van der Waals surface area (Å²) in [6.45, 7) is 6.36. The summed E-state index contributed by atoms with van der Waals surface area (Å²) in [5.41, 5.74) is 0. The van der Waals surface area contributed by atoms with Crippen LogP contribution in [0.4, 0.5) is 0 Å². The molecule has 76 valence electrons. The van der Waals surface area contributed by atoms with Crippen LogP contribution in [0.25, 0.3) is 0 Å². The molecular weight excluding hydrogens is 184 g/mol. The Balaban J connectivity index is 3.59.